The summed E-state index contributed by atoms with van der Waals surface area (Å²) in [6.45, 7) is 0. The molecule has 1 aromatic rings. The lowest BCUT2D eigenvalue weighted by Crippen LogP contribution is -1.76. The second-order valence-electron chi connectivity index (χ2n) is 1.04. The maximum Gasteiger partial charge on any atom is 0.149 e. The SMILES string of the molecule is S=[C]c1ncc[nH]1. The molecule has 1 aromatic heterocycles. The van der Waals surface area contributed by atoms with E-state index in [0.29, 0.717) is 5.82 Å². The minimum absolute atomic E-state index is 0.620. The van der Waals surface area contributed by atoms with E-state index in [0.717, 1.165) is 0 Å². The van der Waals surface area contributed by atoms with E-state index < -0.39 is 0 Å². The summed E-state index contributed by atoms with van der Waals surface area (Å²) in [5.74, 6) is 0.620. The molecule has 0 bridgehead atoms. The molecule has 0 unspecified atom stereocenters. The second kappa shape index (κ2) is 1.84. The molecule has 0 spiro atoms. The summed E-state index contributed by atoms with van der Waals surface area (Å²) >= 11 is 4.43. The summed E-state index contributed by atoms with van der Waals surface area (Å²) in [4.78, 5) is 6.52. The van der Waals surface area contributed by atoms with Crippen LogP contribution >= 0.6 is 12.2 Å². The van der Waals surface area contributed by atoms with Crippen LogP contribution in [0.5, 0.6) is 0 Å². The van der Waals surface area contributed by atoms with Gasteiger partial charge in [0.2, 0.25) is 0 Å². The van der Waals surface area contributed by atoms with Crippen molar-refractivity contribution in [1.82, 2.24) is 9.97 Å². The molecule has 0 aliphatic rings. The Morgan fingerprint density at radius 2 is 2.71 bits per heavy atom. The number of imidazole rings is 1. The van der Waals surface area contributed by atoms with Crippen molar-refractivity contribution in [3.05, 3.63) is 18.2 Å². The molecule has 0 atom stereocenters. The molecule has 0 amide bonds. The fourth-order valence-electron chi connectivity index (χ4n) is 0.321. The molecule has 0 aliphatic heterocycles. The van der Waals surface area contributed by atoms with Crippen molar-refractivity contribution in [2.45, 2.75) is 0 Å². The van der Waals surface area contributed by atoms with Gasteiger partial charge < -0.3 is 4.98 Å². The minimum atomic E-state index is 0.620. The maximum absolute atomic E-state index is 4.43. The molecule has 1 heterocycles. The molecule has 0 aliphatic carbocycles. The van der Waals surface area contributed by atoms with Gasteiger partial charge in [0, 0.05) is 12.4 Å². The Morgan fingerprint density at radius 3 is 3.00 bits per heavy atom. The molecule has 0 saturated carbocycles. The molecule has 0 saturated heterocycles. The first-order valence-corrected chi connectivity index (χ1v) is 2.22. The number of nitrogens with one attached hydrogen (secondary N) is 1. The van der Waals surface area contributed by atoms with E-state index >= 15 is 0 Å². The zero-order valence-corrected chi connectivity index (χ0v) is 4.33. The zero-order valence-electron chi connectivity index (χ0n) is 3.51. The van der Waals surface area contributed by atoms with Crippen molar-refractivity contribution in [3.63, 3.8) is 0 Å². The van der Waals surface area contributed by atoms with E-state index in [1.54, 1.807) is 12.4 Å². The van der Waals surface area contributed by atoms with E-state index in [1.807, 2.05) is 0 Å². The molecule has 7 heavy (non-hydrogen) atoms. The van der Waals surface area contributed by atoms with Crippen LogP contribution in [0.2, 0.25) is 0 Å². The lowest BCUT2D eigenvalue weighted by atomic mass is 10.7. The monoisotopic (exact) mass is 111 g/mol. The summed E-state index contributed by atoms with van der Waals surface area (Å²) in [7, 11) is 0. The van der Waals surface area contributed by atoms with Crippen molar-refractivity contribution < 1.29 is 0 Å². The van der Waals surface area contributed by atoms with Gasteiger partial charge >= 0.3 is 0 Å². The molecular formula is C4H3N2S. The Hall–Kier alpha value is -0.700. The number of hydrogen-bond donors (Lipinski definition) is 1. The minimum Gasteiger partial charge on any atom is -0.344 e. The van der Waals surface area contributed by atoms with Crippen LogP contribution in [-0.4, -0.2) is 15.3 Å². The first-order valence-electron chi connectivity index (χ1n) is 1.81. The third kappa shape index (κ3) is 0.838. The van der Waals surface area contributed by atoms with Crippen molar-refractivity contribution >= 4 is 17.6 Å². The van der Waals surface area contributed by atoms with Crippen LogP contribution in [0.15, 0.2) is 12.4 Å². The van der Waals surface area contributed by atoms with Gasteiger partial charge in [0.25, 0.3) is 0 Å². The van der Waals surface area contributed by atoms with E-state index in [9.17, 15) is 0 Å². The zero-order chi connectivity index (χ0) is 5.11. The third-order valence-corrected chi connectivity index (χ3v) is 0.788. The number of H-pyrrole nitrogens is 1. The number of thiocarbonyl (C=S) groups is 1. The number of aromatic nitrogens is 2. The van der Waals surface area contributed by atoms with E-state index in [2.05, 4.69) is 27.6 Å². The van der Waals surface area contributed by atoms with Gasteiger partial charge in [0.05, 0.1) is 0 Å². The maximum atomic E-state index is 4.43. The Morgan fingerprint density at radius 1 is 1.86 bits per heavy atom. The Balaban J connectivity index is 2.96. The van der Waals surface area contributed by atoms with Crippen LogP contribution in [0.1, 0.15) is 5.82 Å². The van der Waals surface area contributed by atoms with Gasteiger partial charge in [-0.2, -0.15) is 0 Å². The predicted molar refractivity (Wildman–Crippen MR) is 30.3 cm³/mol. The summed E-state index contributed by atoms with van der Waals surface area (Å²) in [6, 6.07) is 0. The van der Waals surface area contributed by atoms with Gasteiger partial charge in [-0.05, 0) is 0 Å². The fraction of sp³-hybridized carbons (Fsp3) is 0. The fourth-order valence-corrected chi connectivity index (χ4v) is 0.433. The van der Waals surface area contributed by atoms with Gasteiger partial charge in [-0.1, -0.05) is 12.2 Å². The predicted octanol–water partition coefficient (Wildman–Crippen LogP) is 0.634. The molecule has 2 nitrogen and oxygen atoms in total. The highest BCUT2D eigenvalue weighted by Gasteiger charge is 1.81. The number of hydrogen-bond acceptors (Lipinski definition) is 2. The molecule has 1 radical (unpaired) electrons. The van der Waals surface area contributed by atoms with E-state index in [4.69, 9.17) is 0 Å². The van der Waals surface area contributed by atoms with Crippen LogP contribution in [0, 0.1) is 0 Å². The largest absolute Gasteiger partial charge is 0.344 e. The van der Waals surface area contributed by atoms with Crippen LogP contribution in [0.3, 0.4) is 0 Å². The standard InChI is InChI=1S/C4H3N2S/c7-3-4-5-1-2-6-4/h1-2H,(H,5,6). The van der Waals surface area contributed by atoms with Crippen molar-refractivity contribution in [2.24, 2.45) is 0 Å². The van der Waals surface area contributed by atoms with Gasteiger partial charge in [-0.3, -0.25) is 0 Å². The van der Waals surface area contributed by atoms with Gasteiger partial charge in [0.1, 0.15) is 11.2 Å². The molecule has 3 heteroatoms. The van der Waals surface area contributed by atoms with Crippen LogP contribution < -0.4 is 0 Å². The number of nitrogens with zero attached hydrogens (tertiary/aromatic N) is 1. The van der Waals surface area contributed by atoms with E-state index in [1.165, 1.54) is 0 Å². The third-order valence-electron chi connectivity index (χ3n) is 0.595. The lowest BCUT2D eigenvalue weighted by Gasteiger charge is -1.69. The van der Waals surface area contributed by atoms with Crippen molar-refractivity contribution in [1.29, 1.82) is 0 Å². The average molecular weight is 111 g/mol. The summed E-state index contributed by atoms with van der Waals surface area (Å²) in [5.41, 5.74) is 0. The van der Waals surface area contributed by atoms with Gasteiger partial charge in [-0.15, -0.1) is 0 Å². The number of aromatic amines is 1. The Kier molecular flexibility index (Phi) is 1.17. The molecular weight excluding hydrogens is 108 g/mol. The van der Waals surface area contributed by atoms with Crippen molar-refractivity contribution in [3.8, 4) is 0 Å². The van der Waals surface area contributed by atoms with Crippen LogP contribution in [-0.2, 0) is 0 Å². The van der Waals surface area contributed by atoms with Gasteiger partial charge in [0.15, 0.2) is 0 Å². The first-order chi connectivity index (χ1) is 3.43. The lowest BCUT2D eigenvalue weighted by molar-refractivity contribution is 1.29. The molecule has 0 fully saturated rings. The highest BCUT2D eigenvalue weighted by atomic mass is 32.1. The summed E-state index contributed by atoms with van der Waals surface area (Å²) < 4.78 is 0. The highest BCUT2D eigenvalue weighted by Crippen LogP contribution is 1.79. The van der Waals surface area contributed by atoms with Crippen molar-refractivity contribution in [2.75, 3.05) is 0 Å². The average Bonchev–Trinajstić information content (AvgIpc) is 2.14. The van der Waals surface area contributed by atoms with E-state index in [-0.39, 0.29) is 0 Å². The second-order valence-corrected chi connectivity index (χ2v) is 1.24. The molecule has 1 N–H and O–H groups in total. The van der Waals surface area contributed by atoms with Crippen LogP contribution in [0.25, 0.3) is 0 Å². The summed E-state index contributed by atoms with van der Waals surface area (Å²) in [6.07, 6.45) is 3.34. The summed E-state index contributed by atoms with van der Waals surface area (Å²) in [5, 5.41) is 2.42. The molecule has 1 rings (SSSR count). The normalized spacial score (nSPS) is 8.57. The van der Waals surface area contributed by atoms with Crippen LogP contribution in [0.4, 0.5) is 0 Å². The highest BCUT2D eigenvalue weighted by molar-refractivity contribution is 7.79. The molecule has 35 valence electrons. The molecule has 0 aromatic carbocycles. The first kappa shape index (κ1) is 4.46. The topological polar surface area (TPSA) is 28.7 Å². The smallest absolute Gasteiger partial charge is 0.149 e. The Labute approximate surface area is 46.6 Å². The Bertz CT molecular complexity index is 145. The number of rotatable bonds is 1. The van der Waals surface area contributed by atoms with Gasteiger partial charge in [-0.25, -0.2) is 4.98 Å². The quantitative estimate of drug-likeness (QED) is 0.538.